The summed E-state index contributed by atoms with van der Waals surface area (Å²) in [6.07, 6.45) is 8.18. The van der Waals surface area contributed by atoms with Crippen molar-refractivity contribution >= 4 is 0 Å². The molecule has 0 aliphatic heterocycles. The van der Waals surface area contributed by atoms with Crippen molar-refractivity contribution in [3.05, 3.63) is 23.3 Å². The Morgan fingerprint density at radius 3 is 2.86 bits per heavy atom. The van der Waals surface area contributed by atoms with Gasteiger partial charge < -0.3 is 5.11 Å². The van der Waals surface area contributed by atoms with Crippen molar-refractivity contribution in [2.75, 3.05) is 6.61 Å². The maximum absolute atomic E-state index is 9.26. The minimum Gasteiger partial charge on any atom is -0.396 e. The number of aliphatic hydroxyl groups excluding tert-OH is 1. The summed E-state index contributed by atoms with van der Waals surface area (Å²) >= 11 is 0. The summed E-state index contributed by atoms with van der Waals surface area (Å²) in [5.74, 6) is 1.98. The highest BCUT2D eigenvalue weighted by Gasteiger charge is 2.30. The zero-order valence-electron chi connectivity index (χ0n) is 9.16. The van der Waals surface area contributed by atoms with Gasteiger partial charge in [-0.1, -0.05) is 24.6 Å². The van der Waals surface area contributed by atoms with Crippen molar-refractivity contribution in [3.8, 4) is 0 Å². The van der Waals surface area contributed by atoms with Gasteiger partial charge in [0.15, 0.2) is 0 Å². The first-order valence-corrected chi connectivity index (χ1v) is 5.70. The largest absolute Gasteiger partial charge is 0.396 e. The lowest BCUT2D eigenvalue weighted by molar-refractivity contribution is 0.200. The molecule has 2 aliphatic rings. The molecule has 0 spiro atoms. The Morgan fingerprint density at radius 1 is 1.36 bits per heavy atom. The molecule has 0 heterocycles. The van der Waals surface area contributed by atoms with Gasteiger partial charge in [0.25, 0.3) is 0 Å². The number of rotatable bonds is 1. The van der Waals surface area contributed by atoms with Gasteiger partial charge in [0.1, 0.15) is 0 Å². The lowest BCUT2D eigenvalue weighted by Gasteiger charge is -2.21. The van der Waals surface area contributed by atoms with E-state index in [0.717, 1.165) is 12.3 Å². The number of hydrogen-bond acceptors (Lipinski definition) is 1. The topological polar surface area (TPSA) is 20.2 Å². The van der Waals surface area contributed by atoms with Crippen molar-refractivity contribution in [2.24, 2.45) is 17.8 Å². The molecular formula is C13H20O. The number of hydrogen-bond donors (Lipinski definition) is 1. The van der Waals surface area contributed by atoms with E-state index in [4.69, 9.17) is 0 Å². The molecule has 0 aromatic heterocycles. The smallest absolute Gasteiger partial charge is 0.0462 e. The van der Waals surface area contributed by atoms with Gasteiger partial charge in [0.2, 0.25) is 0 Å². The summed E-state index contributed by atoms with van der Waals surface area (Å²) in [5.41, 5.74) is 3.02. The molecule has 78 valence electrons. The maximum atomic E-state index is 9.26. The van der Waals surface area contributed by atoms with Gasteiger partial charge in [-0.3, -0.25) is 0 Å². The SMILES string of the molecule is CC1=CC[C@@H](CO)C[C@H]2C1=CC[C@H]2C. The van der Waals surface area contributed by atoms with Crippen LogP contribution in [0.1, 0.15) is 33.1 Å². The lowest BCUT2D eigenvalue weighted by Crippen LogP contribution is -2.14. The maximum Gasteiger partial charge on any atom is 0.0462 e. The molecule has 0 radical (unpaired) electrons. The monoisotopic (exact) mass is 192 g/mol. The van der Waals surface area contributed by atoms with Crippen molar-refractivity contribution in [2.45, 2.75) is 33.1 Å². The second-order valence-electron chi connectivity index (χ2n) is 4.89. The molecule has 1 N–H and O–H groups in total. The molecule has 0 aromatic rings. The molecule has 2 aliphatic carbocycles. The second-order valence-corrected chi connectivity index (χ2v) is 4.89. The molecule has 0 unspecified atom stereocenters. The molecule has 0 amide bonds. The van der Waals surface area contributed by atoms with Crippen LogP contribution in [0.25, 0.3) is 0 Å². The summed E-state index contributed by atoms with van der Waals surface area (Å²) in [6, 6.07) is 0. The third kappa shape index (κ3) is 1.66. The summed E-state index contributed by atoms with van der Waals surface area (Å²) < 4.78 is 0. The summed E-state index contributed by atoms with van der Waals surface area (Å²) in [5, 5.41) is 9.26. The van der Waals surface area contributed by atoms with Gasteiger partial charge in [-0.05, 0) is 49.5 Å². The van der Waals surface area contributed by atoms with E-state index in [1.165, 1.54) is 18.4 Å². The van der Waals surface area contributed by atoms with Crippen LogP contribution in [-0.2, 0) is 0 Å². The highest BCUT2D eigenvalue weighted by atomic mass is 16.3. The molecule has 0 aromatic carbocycles. The predicted octanol–water partition coefficient (Wildman–Crippen LogP) is 2.92. The van der Waals surface area contributed by atoms with Crippen LogP contribution < -0.4 is 0 Å². The quantitative estimate of drug-likeness (QED) is 0.677. The Kier molecular flexibility index (Phi) is 2.78. The van der Waals surface area contributed by atoms with Gasteiger partial charge in [-0.2, -0.15) is 0 Å². The first-order valence-electron chi connectivity index (χ1n) is 5.70. The Labute approximate surface area is 86.5 Å². The highest BCUT2D eigenvalue weighted by molar-refractivity contribution is 5.36. The first kappa shape index (κ1) is 9.97. The molecule has 0 saturated carbocycles. The fraction of sp³-hybridized carbons (Fsp3) is 0.692. The normalized spacial score (nSPS) is 37.2. The summed E-state index contributed by atoms with van der Waals surface area (Å²) in [4.78, 5) is 0. The van der Waals surface area contributed by atoms with Crippen LogP contribution in [0.3, 0.4) is 0 Å². The zero-order valence-corrected chi connectivity index (χ0v) is 9.16. The minimum absolute atomic E-state index is 0.348. The molecule has 14 heavy (non-hydrogen) atoms. The lowest BCUT2D eigenvalue weighted by atomic mass is 9.84. The molecule has 0 saturated heterocycles. The van der Waals surface area contributed by atoms with E-state index >= 15 is 0 Å². The Hall–Kier alpha value is -0.560. The van der Waals surface area contributed by atoms with E-state index in [0.29, 0.717) is 18.4 Å². The van der Waals surface area contributed by atoms with E-state index in [-0.39, 0.29) is 0 Å². The van der Waals surface area contributed by atoms with E-state index in [1.54, 1.807) is 5.57 Å². The summed E-state index contributed by atoms with van der Waals surface area (Å²) in [6.45, 7) is 4.90. The van der Waals surface area contributed by atoms with Crippen LogP contribution in [0.5, 0.6) is 0 Å². The van der Waals surface area contributed by atoms with Crippen LogP contribution >= 0.6 is 0 Å². The Balaban J connectivity index is 2.22. The molecule has 1 nitrogen and oxygen atoms in total. The van der Waals surface area contributed by atoms with Crippen molar-refractivity contribution in [3.63, 3.8) is 0 Å². The fourth-order valence-electron chi connectivity index (χ4n) is 2.81. The molecule has 0 bridgehead atoms. The highest BCUT2D eigenvalue weighted by Crippen LogP contribution is 2.42. The van der Waals surface area contributed by atoms with E-state index < -0.39 is 0 Å². The van der Waals surface area contributed by atoms with Gasteiger partial charge in [0, 0.05) is 6.61 Å². The minimum atomic E-state index is 0.348. The van der Waals surface area contributed by atoms with Crippen LogP contribution in [0, 0.1) is 17.8 Å². The molecule has 3 atom stereocenters. The second kappa shape index (κ2) is 3.90. The number of fused-ring (bicyclic) bond motifs is 1. The standard InChI is InChI=1S/C13H20O/c1-9-3-5-11(8-14)7-13-10(2)4-6-12(9)13/h3,6,10-11,13-14H,4-5,7-8H2,1-2H3/t10-,11-,13-/m1/s1. The van der Waals surface area contributed by atoms with Gasteiger partial charge in [-0.15, -0.1) is 0 Å². The van der Waals surface area contributed by atoms with Crippen molar-refractivity contribution in [1.29, 1.82) is 0 Å². The zero-order chi connectivity index (χ0) is 10.1. The van der Waals surface area contributed by atoms with E-state index in [2.05, 4.69) is 26.0 Å². The van der Waals surface area contributed by atoms with Gasteiger partial charge in [-0.25, -0.2) is 0 Å². The molecule has 1 heteroatoms. The van der Waals surface area contributed by atoms with Crippen LogP contribution in [0.4, 0.5) is 0 Å². The third-order valence-electron chi connectivity index (χ3n) is 3.85. The Bertz CT molecular complexity index is 275. The molecule has 2 rings (SSSR count). The van der Waals surface area contributed by atoms with Crippen LogP contribution in [-0.4, -0.2) is 11.7 Å². The number of allylic oxidation sites excluding steroid dienone is 4. The van der Waals surface area contributed by atoms with Crippen molar-refractivity contribution < 1.29 is 5.11 Å². The third-order valence-corrected chi connectivity index (χ3v) is 3.85. The predicted molar refractivity (Wildman–Crippen MR) is 58.9 cm³/mol. The van der Waals surface area contributed by atoms with Gasteiger partial charge in [0.05, 0.1) is 0 Å². The number of aliphatic hydroxyl groups is 1. The van der Waals surface area contributed by atoms with E-state index in [9.17, 15) is 5.11 Å². The molecule has 0 fully saturated rings. The molecular weight excluding hydrogens is 172 g/mol. The van der Waals surface area contributed by atoms with E-state index in [1.807, 2.05) is 0 Å². The van der Waals surface area contributed by atoms with Gasteiger partial charge >= 0.3 is 0 Å². The first-order chi connectivity index (χ1) is 6.72. The average molecular weight is 192 g/mol. The van der Waals surface area contributed by atoms with Crippen LogP contribution in [0.15, 0.2) is 23.3 Å². The summed E-state index contributed by atoms with van der Waals surface area (Å²) in [7, 11) is 0. The average Bonchev–Trinajstić information content (AvgIpc) is 2.45. The Morgan fingerprint density at radius 2 is 2.14 bits per heavy atom. The van der Waals surface area contributed by atoms with Crippen LogP contribution in [0.2, 0.25) is 0 Å². The fourth-order valence-corrected chi connectivity index (χ4v) is 2.81. The van der Waals surface area contributed by atoms with Crippen molar-refractivity contribution in [1.82, 2.24) is 0 Å².